The van der Waals surface area contributed by atoms with Gasteiger partial charge >= 0.3 is 5.17 Å². The Morgan fingerprint density at radius 1 is 0.958 bits per heavy atom. The molecule has 2 aromatic carbocycles. The van der Waals surface area contributed by atoms with Gasteiger partial charge in [-0.05, 0) is 43.2 Å². The second-order valence-corrected chi connectivity index (χ2v) is 7.19. The van der Waals surface area contributed by atoms with Crippen LogP contribution in [0.25, 0.3) is 0 Å². The van der Waals surface area contributed by atoms with Gasteiger partial charge in [-0.15, -0.1) is 0 Å². The molecule has 0 aliphatic rings. The number of amidine groups is 1. The molecule has 0 radical (unpaired) electrons. The lowest BCUT2D eigenvalue weighted by atomic mass is 10.1. The smallest absolute Gasteiger partial charge is 0.262 e. The number of rotatable bonds is 7. The van der Waals surface area contributed by atoms with Crippen molar-refractivity contribution in [2.45, 2.75) is 45.7 Å². The van der Waals surface area contributed by atoms with Crippen LogP contribution in [-0.4, -0.2) is 10.9 Å². The third-order valence-corrected chi connectivity index (χ3v) is 5.06. The van der Waals surface area contributed by atoms with Crippen LogP contribution in [0, 0.1) is 0 Å². The summed E-state index contributed by atoms with van der Waals surface area (Å²) in [4.78, 5) is 3.66. The van der Waals surface area contributed by atoms with E-state index in [0.29, 0.717) is 0 Å². The fraction of sp³-hybridized carbons (Fsp3) is 0.381. The molecule has 0 heterocycles. The van der Waals surface area contributed by atoms with Gasteiger partial charge in [0.05, 0.1) is 0 Å². The van der Waals surface area contributed by atoms with E-state index in [1.165, 1.54) is 24.0 Å². The summed E-state index contributed by atoms with van der Waals surface area (Å²) in [7, 11) is 0. The third kappa shape index (κ3) is 6.04. The summed E-state index contributed by atoms with van der Waals surface area (Å²) in [6.07, 6.45) is 2.46. The van der Waals surface area contributed by atoms with E-state index in [1.807, 2.05) is 11.8 Å². The maximum absolute atomic E-state index is 3.66. The van der Waals surface area contributed by atoms with E-state index >= 15 is 0 Å². The Labute approximate surface area is 150 Å². The summed E-state index contributed by atoms with van der Waals surface area (Å²) >= 11 is 1.89. The lowest BCUT2D eigenvalue weighted by Crippen LogP contribution is -2.76. The summed E-state index contributed by atoms with van der Waals surface area (Å²) in [6.45, 7) is 6.66. The quantitative estimate of drug-likeness (QED) is 0.451. The summed E-state index contributed by atoms with van der Waals surface area (Å²) in [5, 5.41) is 4.82. The Balaban J connectivity index is 2.10. The zero-order valence-corrected chi connectivity index (χ0v) is 15.8. The van der Waals surface area contributed by atoms with Gasteiger partial charge < -0.3 is 0 Å². The largest absolute Gasteiger partial charge is 0.305 e. The molecule has 24 heavy (non-hydrogen) atoms. The standard InChI is InChI=1S/C21H28N2S/c1-4-5-16-24-21(22-17(2)19-12-8-6-9-13-19)23-18(3)20-14-10-7-11-15-20/h6-15,17-18H,4-5,16H2,1-3H3,(H,22,23)/p+1/t17-,18-/m0/s1. The Morgan fingerprint density at radius 3 is 2.12 bits per heavy atom. The number of hydrogen-bond acceptors (Lipinski definition) is 1. The van der Waals surface area contributed by atoms with Gasteiger partial charge in [-0.1, -0.05) is 74.0 Å². The minimum absolute atomic E-state index is 0.283. The molecule has 0 amide bonds. The highest BCUT2D eigenvalue weighted by Crippen LogP contribution is 2.14. The van der Waals surface area contributed by atoms with Crippen LogP contribution >= 0.6 is 11.8 Å². The predicted octanol–water partition coefficient (Wildman–Crippen LogP) is 4.07. The number of hydrogen-bond donors (Lipinski definition) is 2. The molecule has 0 saturated carbocycles. The topological polar surface area (TPSA) is 26.0 Å². The number of thioether (sulfide) groups is 1. The van der Waals surface area contributed by atoms with Crippen molar-refractivity contribution >= 4 is 16.9 Å². The molecule has 2 aromatic rings. The van der Waals surface area contributed by atoms with E-state index in [1.54, 1.807) is 0 Å². The Morgan fingerprint density at radius 2 is 1.54 bits per heavy atom. The lowest BCUT2D eigenvalue weighted by Gasteiger charge is -2.13. The van der Waals surface area contributed by atoms with E-state index in [9.17, 15) is 0 Å². The van der Waals surface area contributed by atoms with Crippen molar-refractivity contribution in [2.24, 2.45) is 0 Å². The van der Waals surface area contributed by atoms with Crippen LogP contribution in [-0.2, 0) is 0 Å². The Kier molecular flexibility index (Phi) is 7.90. The van der Waals surface area contributed by atoms with Crippen molar-refractivity contribution < 1.29 is 4.99 Å². The van der Waals surface area contributed by atoms with E-state index < -0.39 is 0 Å². The highest BCUT2D eigenvalue weighted by Gasteiger charge is 2.16. The second-order valence-electron chi connectivity index (χ2n) is 6.08. The Bertz CT molecular complexity index is 610. The highest BCUT2D eigenvalue weighted by molar-refractivity contribution is 8.13. The molecule has 2 atom stereocenters. The molecule has 2 rings (SSSR count). The fourth-order valence-corrected chi connectivity index (χ4v) is 3.64. The van der Waals surface area contributed by atoms with Crippen molar-refractivity contribution in [3.8, 4) is 0 Å². The van der Waals surface area contributed by atoms with Crippen LogP contribution in [0.15, 0.2) is 60.7 Å². The van der Waals surface area contributed by atoms with Gasteiger partial charge in [-0.2, -0.15) is 0 Å². The minimum atomic E-state index is 0.283. The molecule has 2 N–H and O–H groups in total. The number of nitrogens with one attached hydrogen (secondary N) is 2. The molecule has 0 unspecified atom stereocenters. The normalized spacial score (nSPS) is 14.2. The van der Waals surface area contributed by atoms with Gasteiger partial charge in [0.2, 0.25) is 0 Å². The first-order valence-electron chi connectivity index (χ1n) is 8.83. The van der Waals surface area contributed by atoms with Gasteiger partial charge in [-0.25, -0.2) is 0 Å². The van der Waals surface area contributed by atoms with Crippen LogP contribution in [0.3, 0.4) is 0 Å². The minimum Gasteiger partial charge on any atom is -0.262 e. The SMILES string of the molecule is CCCCSC(N[C@@H](C)c1ccccc1)=[NH+][C@@H](C)c1ccccc1. The van der Waals surface area contributed by atoms with Gasteiger partial charge in [0, 0.05) is 5.75 Å². The van der Waals surface area contributed by atoms with Crippen molar-refractivity contribution in [1.82, 2.24) is 5.32 Å². The van der Waals surface area contributed by atoms with Crippen molar-refractivity contribution in [3.63, 3.8) is 0 Å². The first kappa shape index (κ1) is 18.6. The molecule has 0 saturated heterocycles. The molecular weight excluding hydrogens is 312 g/mol. The molecule has 0 bridgehead atoms. The van der Waals surface area contributed by atoms with E-state index in [0.717, 1.165) is 10.9 Å². The second kappa shape index (κ2) is 10.2. The summed E-state index contributed by atoms with van der Waals surface area (Å²) in [5.74, 6) is 1.13. The van der Waals surface area contributed by atoms with E-state index in [2.05, 4.69) is 91.7 Å². The molecule has 2 nitrogen and oxygen atoms in total. The van der Waals surface area contributed by atoms with E-state index in [-0.39, 0.29) is 12.1 Å². The number of benzene rings is 2. The molecular formula is C21H29N2S+. The van der Waals surface area contributed by atoms with Crippen LogP contribution in [0.2, 0.25) is 0 Å². The van der Waals surface area contributed by atoms with Gasteiger partial charge in [0.25, 0.3) is 0 Å². The molecule has 128 valence electrons. The average molecular weight is 342 g/mol. The van der Waals surface area contributed by atoms with Crippen molar-refractivity contribution in [2.75, 3.05) is 5.75 Å². The van der Waals surface area contributed by atoms with Gasteiger partial charge in [0.15, 0.2) is 0 Å². The molecule has 3 heteroatoms. The zero-order valence-electron chi connectivity index (χ0n) is 15.0. The maximum atomic E-state index is 3.66. The van der Waals surface area contributed by atoms with Crippen molar-refractivity contribution in [3.05, 3.63) is 71.8 Å². The predicted molar refractivity (Wildman–Crippen MR) is 106 cm³/mol. The van der Waals surface area contributed by atoms with Crippen molar-refractivity contribution in [1.29, 1.82) is 0 Å². The summed E-state index contributed by atoms with van der Waals surface area (Å²) in [5.41, 5.74) is 2.61. The average Bonchev–Trinajstić information content (AvgIpc) is 2.63. The summed E-state index contributed by atoms with van der Waals surface area (Å²) < 4.78 is 0. The third-order valence-electron chi connectivity index (χ3n) is 4.04. The molecule has 0 aromatic heterocycles. The number of unbranched alkanes of at least 4 members (excludes halogenated alkanes) is 1. The molecule has 0 aliphatic carbocycles. The highest BCUT2D eigenvalue weighted by atomic mass is 32.2. The molecule has 0 fully saturated rings. The Hall–Kier alpha value is -1.74. The first-order valence-corrected chi connectivity index (χ1v) is 9.82. The molecule has 0 aliphatic heterocycles. The summed E-state index contributed by atoms with van der Waals surface area (Å²) in [6, 6.07) is 21.8. The fourth-order valence-electron chi connectivity index (χ4n) is 2.49. The maximum Gasteiger partial charge on any atom is 0.305 e. The zero-order chi connectivity index (χ0) is 17.2. The van der Waals surface area contributed by atoms with Gasteiger partial charge in [0.1, 0.15) is 12.1 Å². The monoisotopic (exact) mass is 341 g/mol. The lowest BCUT2D eigenvalue weighted by molar-refractivity contribution is -0.504. The van der Waals surface area contributed by atoms with Crippen LogP contribution in [0.5, 0.6) is 0 Å². The van der Waals surface area contributed by atoms with Crippen LogP contribution < -0.4 is 10.3 Å². The van der Waals surface area contributed by atoms with Gasteiger partial charge in [-0.3, -0.25) is 10.3 Å². The van der Waals surface area contributed by atoms with E-state index in [4.69, 9.17) is 0 Å². The molecule has 0 spiro atoms. The van der Waals surface area contributed by atoms with Crippen LogP contribution in [0.1, 0.15) is 56.8 Å². The first-order chi connectivity index (χ1) is 11.7. The van der Waals surface area contributed by atoms with Crippen LogP contribution in [0.4, 0.5) is 0 Å².